The van der Waals surface area contributed by atoms with Gasteiger partial charge >= 0.3 is 0 Å². The third-order valence-electron chi connectivity index (χ3n) is 3.43. The van der Waals surface area contributed by atoms with Crippen molar-refractivity contribution >= 4 is 11.8 Å². The maximum Gasteiger partial charge on any atom is 0.0351 e. The molecule has 2 fully saturated rings. The van der Waals surface area contributed by atoms with Crippen LogP contribution in [0.5, 0.6) is 0 Å². The van der Waals surface area contributed by atoms with Crippen LogP contribution in [-0.4, -0.2) is 73.7 Å². The third-order valence-corrected chi connectivity index (χ3v) is 4.13. The van der Waals surface area contributed by atoms with Gasteiger partial charge in [-0.25, -0.2) is 0 Å². The van der Waals surface area contributed by atoms with E-state index in [0.717, 1.165) is 6.04 Å². The Morgan fingerprint density at radius 2 is 2.00 bits per heavy atom. The van der Waals surface area contributed by atoms with Gasteiger partial charge in [0.2, 0.25) is 0 Å². The van der Waals surface area contributed by atoms with Crippen molar-refractivity contribution in [2.45, 2.75) is 12.5 Å². The smallest absolute Gasteiger partial charge is 0.0351 e. The summed E-state index contributed by atoms with van der Waals surface area (Å²) in [5.74, 6) is 1.31. The molecule has 0 atom stereocenters. The fourth-order valence-corrected chi connectivity index (χ4v) is 2.85. The first-order chi connectivity index (χ1) is 7.40. The second-order valence-corrected chi connectivity index (χ2v) is 5.53. The average molecular weight is 229 g/mol. The molecule has 0 aliphatic carbocycles. The van der Waals surface area contributed by atoms with Crippen LogP contribution < -0.4 is 5.32 Å². The number of thioether (sulfide) groups is 1. The number of hydrogen-bond acceptors (Lipinski definition) is 4. The lowest BCUT2D eigenvalue weighted by Gasteiger charge is -2.46. The van der Waals surface area contributed by atoms with Crippen LogP contribution in [0.4, 0.5) is 0 Å². The number of rotatable bonds is 5. The fourth-order valence-electron chi connectivity index (χ4n) is 2.44. The Morgan fingerprint density at radius 1 is 1.27 bits per heavy atom. The number of likely N-dealkylation sites (tertiary alicyclic amines) is 1. The normalized spacial score (nSPS) is 25.4. The summed E-state index contributed by atoms with van der Waals surface area (Å²) in [6.45, 7) is 8.81. The van der Waals surface area contributed by atoms with Gasteiger partial charge in [0, 0.05) is 45.3 Å². The van der Waals surface area contributed by atoms with E-state index in [4.69, 9.17) is 0 Å². The zero-order valence-corrected chi connectivity index (χ0v) is 10.6. The molecule has 0 saturated carbocycles. The lowest BCUT2D eigenvalue weighted by molar-refractivity contribution is 0.0277. The summed E-state index contributed by atoms with van der Waals surface area (Å²) in [4.78, 5) is 5.25. The van der Waals surface area contributed by atoms with Crippen LogP contribution in [0.25, 0.3) is 0 Å². The van der Waals surface area contributed by atoms with E-state index in [2.05, 4.69) is 21.4 Å². The van der Waals surface area contributed by atoms with E-state index in [1.165, 1.54) is 58.0 Å². The van der Waals surface area contributed by atoms with E-state index < -0.39 is 0 Å². The number of nitrogens with one attached hydrogen (secondary N) is 1. The van der Waals surface area contributed by atoms with Crippen molar-refractivity contribution in [1.82, 2.24) is 15.1 Å². The van der Waals surface area contributed by atoms with Gasteiger partial charge in [-0.3, -0.25) is 4.90 Å². The molecule has 0 bridgehead atoms. The van der Waals surface area contributed by atoms with Gasteiger partial charge < -0.3 is 10.2 Å². The lowest BCUT2D eigenvalue weighted by Crippen LogP contribution is -2.62. The Kier molecular flexibility index (Phi) is 4.75. The van der Waals surface area contributed by atoms with E-state index in [9.17, 15) is 0 Å². The molecule has 0 amide bonds. The molecule has 2 rings (SSSR count). The molecule has 15 heavy (non-hydrogen) atoms. The predicted molar refractivity (Wildman–Crippen MR) is 67.7 cm³/mol. The van der Waals surface area contributed by atoms with Crippen LogP contribution in [0.2, 0.25) is 0 Å². The minimum Gasteiger partial charge on any atom is -0.314 e. The van der Waals surface area contributed by atoms with Crippen LogP contribution in [0.3, 0.4) is 0 Å². The summed E-state index contributed by atoms with van der Waals surface area (Å²) in [6, 6.07) is 0.862. The topological polar surface area (TPSA) is 18.5 Å². The fraction of sp³-hybridized carbons (Fsp3) is 1.00. The first-order valence-corrected chi connectivity index (χ1v) is 7.45. The molecule has 0 spiro atoms. The van der Waals surface area contributed by atoms with Gasteiger partial charge in [0.1, 0.15) is 0 Å². The summed E-state index contributed by atoms with van der Waals surface area (Å²) < 4.78 is 0. The lowest BCUT2D eigenvalue weighted by atomic mass is 10.1. The molecule has 0 radical (unpaired) electrons. The Morgan fingerprint density at radius 3 is 2.67 bits per heavy atom. The third kappa shape index (κ3) is 3.34. The van der Waals surface area contributed by atoms with Gasteiger partial charge in [-0.15, -0.1) is 0 Å². The molecular formula is C11H23N3S. The minimum absolute atomic E-state index is 0.862. The molecular weight excluding hydrogens is 206 g/mol. The molecule has 3 nitrogen and oxygen atoms in total. The van der Waals surface area contributed by atoms with Crippen molar-refractivity contribution in [3.05, 3.63) is 0 Å². The highest BCUT2D eigenvalue weighted by molar-refractivity contribution is 7.98. The standard InChI is InChI=1S/C11H23N3S/c1-15-8-2-5-13-9-11(10-13)14-6-3-12-4-7-14/h11-12H,2-10H2,1H3. The molecule has 2 aliphatic rings. The van der Waals surface area contributed by atoms with Crippen molar-refractivity contribution in [1.29, 1.82) is 0 Å². The molecule has 2 heterocycles. The monoisotopic (exact) mass is 229 g/mol. The SMILES string of the molecule is CSCCCN1CC(N2CCNCC2)C1. The summed E-state index contributed by atoms with van der Waals surface area (Å²) in [5, 5.41) is 3.41. The maximum absolute atomic E-state index is 3.41. The first-order valence-electron chi connectivity index (χ1n) is 6.06. The van der Waals surface area contributed by atoms with Gasteiger partial charge in [0.25, 0.3) is 0 Å². The van der Waals surface area contributed by atoms with Crippen molar-refractivity contribution in [2.24, 2.45) is 0 Å². The van der Waals surface area contributed by atoms with E-state index in [1.54, 1.807) is 0 Å². The highest BCUT2D eigenvalue weighted by Gasteiger charge is 2.31. The molecule has 1 N–H and O–H groups in total. The maximum atomic E-state index is 3.41. The molecule has 0 aromatic rings. The highest BCUT2D eigenvalue weighted by Crippen LogP contribution is 2.15. The van der Waals surface area contributed by atoms with Crippen molar-refractivity contribution in [2.75, 3.05) is 57.8 Å². The minimum atomic E-state index is 0.862. The zero-order chi connectivity index (χ0) is 10.5. The van der Waals surface area contributed by atoms with Crippen LogP contribution in [0, 0.1) is 0 Å². The van der Waals surface area contributed by atoms with E-state index >= 15 is 0 Å². The van der Waals surface area contributed by atoms with Crippen molar-refractivity contribution in [3.8, 4) is 0 Å². The zero-order valence-electron chi connectivity index (χ0n) is 9.74. The molecule has 2 aliphatic heterocycles. The molecule has 88 valence electrons. The van der Waals surface area contributed by atoms with E-state index in [0.29, 0.717) is 0 Å². The second-order valence-electron chi connectivity index (χ2n) is 4.55. The van der Waals surface area contributed by atoms with Crippen molar-refractivity contribution < 1.29 is 0 Å². The number of hydrogen-bond donors (Lipinski definition) is 1. The summed E-state index contributed by atoms with van der Waals surface area (Å²) in [5.41, 5.74) is 0. The molecule has 4 heteroatoms. The molecule has 0 aromatic carbocycles. The summed E-state index contributed by atoms with van der Waals surface area (Å²) in [7, 11) is 0. The largest absolute Gasteiger partial charge is 0.314 e. The molecule has 0 aromatic heterocycles. The van der Waals surface area contributed by atoms with Crippen LogP contribution in [0.1, 0.15) is 6.42 Å². The molecule has 0 unspecified atom stereocenters. The Labute approximate surface area is 97.6 Å². The number of nitrogens with zero attached hydrogens (tertiary/aromatic N) is 2. The molecule has 2 saturated heterocycles. The van der Waals surface area contributed by atoms with Crippen LogP contribution >= 0.6 is 11.8 Å². The average Bonchev–Trinajstić information content (AvgIpc) is 2.23. The van der Waals surface area contributed by atoms with Gasteiger partial charge in [-0.2, -0.15) is 11.8 Å². The summed E-state index contributed by atoms with van der Waals surface area (Å²) >= 11 is 1.96. The second kappa shape index (κ2) is 6.09. The quantitative estimate of drug-likeness (QED) is 0.685. The van der Waals surface area contributed by atoms with Gasteiger partial charge in [0.15, 0.2) is 0 Å². The van der Waals surface area contributed by atoms with Gasteiger partial charge in [0.05, 0.1) is 0 Å². The van der Waals surface area contributed by atoms with Gasteiger partial charge in [-0.1, -0.05) is 0 Å². The van der Waals surface area contributed by atoms with E-state index in [1.807, 2.05) is 11.8 Å². The van der Waals surface area contributed by atoms with Crippen LogP contribution in [-0.2, 0) is 0 Å². The highest BCUT2D eigenvalue weighted by atomic mass is 32.2. The Bertz CT molecular complexity index is 177. The van der Waals surface area contributed by atoms with Gasteiger partial charge in [-0.05, 0) is 25.0 Å². The first kappa shape index (κ1) is 11.7. The van der Waals surface area contributed by atoms with E-state index in [-0.39, 0.29) is 0 Å². The number of piperazine rings is 1. The predicted octanol–water partition coefficient (Wildman–Crippen LogP) is 0.329. The van der Waals surface area contributed by atoms with Crippen molar-refractivity contribution in [3.63, 3.8) is 0 Å². The Hall–Kier alpha value is 0.230. The Balaban J connectivity index is 1.56. The summed E-state index contributed by atoms with van der Waals surface area (Å²) in [6.07, 6.45) is 3.55. The van der Waals surface area contributed by atoms with Crippen LogP contribution in [0.15, 0.2) is 0 Å².